The number of nitrogens with one attached hydrogen (secondary N) is 1. The van der Waals surface area contributed by atoms with Crippen LogP contribution in [0.2, 0.25) is 10.0 Å². The first-order chi connectivity index (χ1) is 15.0. The Morgan fingerprint density at radius 2 is 1.87 bits per heavy atom. The summed E-state index contributed by atoms with van der Waals surface area (Å²) >= 11 is 12.7. The van der Waals surface area contributed by atoms with Gasteiger partial charge in [0.05, 0.1) is 27.4 Å². The van der Waals surface area contributed by atoms with E-state index in [-0.39, 0.29) is 12.0 Å². The van der Waals surface area contributed by atoms with Gasteiger partial charge in [0.25, 0.3) is 0 Å². The van der Waals surface area contributed by atoms with Gasteiger partial charge in [-0.05, 0) is 43.6 Å². The van der Waals surface area contributed by atoms with Crippen molar-refractivity contribution in [2.24, 2.45) is 17.8 Å². The molecule has 158 valence electrons. The molecule has 7 rings (SSSR count). The number of rotatable bonds is 3. The molecule has 0 amide bonds. The highest BCUT2D eigenvalue weighted by Gasteiger charge is 2.48. The summed E-state index contributed by atoms with van der Waals surface area (Å²) < 4.78 is 2.00. The molecular formula is C22H19Cl2N5O2. The van der Waals surface area contributed by atoms with Crippen molar-refractivity contribution in [1.29, 1.82) is 0 Å². The monoisotopic (exact) mass is 455 g/mol. The van der Waals surface area contributed by atoms with Gasteiger partial charge in [-0.15, -0.1) is 0 Å². The van der Waals surface area contributed by atoms with Crippen molar-refractivity contribution in [3.63, 3.8) is 0 Å². The van der Waals surface area contributed by atoms with Gasteiger partial charge in [0.2, 0.25) is 0 Å². The number of carboxylic acid groups (broad SMARTS) is 1. The molecule has 2 bridgehead atoms. The van der Waals surface area contributed by atoms with Gasteiger partial charge in [-0.25, -0.2) is 15.0 Å². The number of aromatic nitrogens is 5. The Hall–Kier alpha value is -2.64. The van der Waals surface area contributed by atoms with E-state index in [2.05, 4.69) is 15.0 Å². The van der Waals surface area contributed by atoms with E-state index in [1.165, 1.54) is 0 Å². The minimum absolute atomic E-state index is 0.151. The molecule has 2 N–H and O–H groups in total. The van der Waals surface area contributed by atoms with Crippen LogP contribution in [0.4, 0.5) is 0 Å². The van der Waals surface area contributed by atoms with Gasteiger partial charge in [0.15, 0.2) is 5.82 Å². The highest BCUT2D eigenvalue weighted by molar-refractivity contribution is 6.35. The molecule has 4 aromatic rings. The van der Waals surface area contributed by atoms with Crippen molar-refractivity contribution in [1.82, 2.24) is 24.5 Å². The lowest BCUT2D eigenvalue weighted by atomic mass is 9.61. The summed E-state index contributed by atoms with van der Waals surface area (Å²) in [7, 11) is 0. The number of aliphatic carboxylic acids is 1. The van der Waals surface area contributed by atoms with Crippen molar-refractivity contribution < 1.29 is 9.90 Å². The summed E-state index contributed by atoms with van der Waals surface area (Å²) in [5.41, 5.74) is 2.16. The Bertz CT molecular complexity index is 1340. The molecule has 0 radical (unpaired) electrons. The van der Waals surface area contributed by atoms with E-state index in [1.807, 2.05) is 23.0 Å². The lowest BCUT2D eigenvalue weighted by molar-refractivity contribution is -0.151. The number of aromatic amines is 1. The molecule has 2 atom stereocenters. The summed E-state index contributed by atoms with van der Waals surface area (Å²) in [6.07, 6.45) is 11.0. The van der Waals surface area contributed by atoms with E-state index in [0.717, 1.165) is 42.0 Å². The second-order valence-electron chi connectivity index (χ2n) is 8.60. The highest BCUT2D eigenvalue weighted by Crippen LogP contribution is 2.52. The largest absolute Gasteiger partial charge is 0.481 e. The van der Waals surface area contributed by atoms with Crippen molar-refractivity contribution in [3.8, 4) is 11.4 Å². The van der Waals surface area contributed by atoms with Gasteiger partial charge >= 0.3 is 5.97 Å². The maximum atomic E-state index is 12.2. The molecule has 0 unspecified atom stereocenters. The summed E-state index contributed by atoms with van der Waals surface area (Å²) in [6, 6.07) is 1.68. The Labute approximate surface area is 187 Å². The van der Waals surface area contributed by atoms with E-state index in [1.54, 1.807) is 12.4 Å². The van der Waals surface area contributed by atoms with Gasteiger partial charge in [-0.1, -0.05) is 23.2 Å². The predicted molar refractivity (Wildman–Crippen MR) is 118 cm³/mol. The summed E-state index contributed by atoms with van der Waals surface area (Å²) in [5.74, 6) is -0.122. The Morgan fingerprint density at radius 3 is 2.65 bits per heavy atom. The summed E-state index contributed by atoms with van der Waals surface area (Å²) in [4.78, 5) is 29.0. The predicted octanol–water partition coefficient (Wildman–Crippen LogP) is 5.34. The number of carboxylic acids is 1. The quantitative estimate of drug-likeness (QED) is 0.434. The zero-order chi connectivity index (χ0) is 21.3. The first kappa shape index (κ1) is 19.1. The van der Waals surface area contributed by atoms with Crippen molar-refractivity contribution in [2.45, 2.75) is 31.7 Å². The lowest BCUT2D eigenvalue weighted by Crippen LogP contribution is -2.44. The maximum Gasteiger partial charge on any atom is 0.308 e. The minimum atomic E-state index is -0.732. The number of hydrogen-bond donors (Lipinski definition) is 2. The van der Waals surface area contributed by atoms with Crippen LogP contribution in [0.25, 0.3) is 33.5 Å². The van der Waals surface area contributed by atoms with Crippen LogP contribution >= 0.6 is 23.2 Å². The fourth-order valence-electron chi connectivity index (χ4n) is 5.68. The van der Waals surface area contributed by atoms with Gasteiger partial charge < -0.3 is 14.7 Å². The molecule has 3 aliphatic carbocycles. The van der Waals surface area contributed by atoms with E-state index in [4.69, 9.17) is 28.2 Å². The fraction of sp³-hybridized carbons (Fsp3) is 0.364. The Balaban J connectivity index is 1.53. The maximum absolute atomic E-state index is 12.2. The number of hydrogen-bond acceptors (Lipinski definition) is 4. The Kier molecular flexibility index (Phi) is 4.27. The van der Waals surface area contributed by atoms with Crippen LogP contribution < -0.4 is 0 Å². The molecule has 3 saturated carbocycles. The van der Waals surface area contributed by atoms with Crippen LogP contribution in [-0.2, 0) is 4.79 Å². The van der Waals surface area contributed by atoms with Gasteiger partial charge in [0, 0.05) is 35.7 Å². The molecule has 0 spiro atoms. The zero-order valence-electron chi connectivity index (χ0n) is 16.4. The van der Waals surface area contributed by atoms with E-state index in [0.29, 0.717) is 33.1 Å². The van der Waals surface area contributed by atoms with Crippen LogP contribution in [0.1, 0.15) is 31.7 Å². The smallest absolute Gasteiger partial charge is 0.308 e. The minimum Gasteiger partial charge on any atom is -0.481 e. The first-order valence-electron chi connectivity index (χ1n) is 10.4. The van der Waals surface area contributed by atoms with Crippen molar-refractivity contribution in [2.75, 3.05) is 0 Å². The van der Waals surface area contributed by atoms with Crippen LogP contribution in [0, 0.1) is 17.8 Å². The molecule has 3 fully saturated rings. The molecular weight excluding hydrogens is 437 g/mol. The third-order valence-corrected chi connectivity index (χ3v) is 7.55. The lowest BCUT2D eigenvalue weighted by Gasteiger charge is -2.47. The third kappa shape index (κ3) is 2.87. The number of nitrogens with zero attached hydrogens (tertiary/aromatic N) is 4. The summed E-state index contributed by atoms with van der Waals surface area (Å²) in [5, 5.41) is 12.6. The molecule has 9 heteroatoms. The molecule has 0 aromatic carbocycles. The van der Waals surface area contributed by atoms with Crippen LogP contribution in [0.15, 0.2) is 30.9 Å². The zero-order valence-corrected chi connectivity index (χ0v) is 17.9. The molecule has 7 nitrogen and oxygen atoms in total. The number of halogens is 2. The number of fused-ring (bicyclic) bond motifs is 5. The van der Waals surface area contributed by atoms with Gasteiger partial charge in [-0.3, -0.25) is 4.79 Å². The van der Waals surface area contributed by atoms with Crippen molar-refractivity contribution in [3.05, 3.63) is 40.9 Å². The third-order valence-electron chi connectivity index (χ3n) is 7.04. The van der Waals surface area contributed by atoms with E-state index < -0.39 is 11.9 Å². The highest BCUT2D eigenvalue weighted by atomic mass is 35.5. The average Bonchev–Trinajstić information content (AvgIpc) is 3.34. The normalized spacial score (nSPS) is 25.5. The second-order valence-corrected chi connectivity index (χ2v) is 9.44. The SMILES string of the molecule is O=C(O)[C@H]1C2CCC(CC2)[C@@H]1n1cc(Cl)c2cnc(-c3c[nH]c4ncc(Cl)cc34)nc21. The summed E-state index contributed by atoms with van der Waals surface area (Å²) in [6.45, 7) is 0. The first-order valence-corrected chi connectivity index (χ1v) is 11.2. The van der Waals surface area contributed by atoms with E-state index >= 15 is 0 Å². The molecule has 3 aliphatic rings. The van der Waals surface area contributed by atoms with Crippen LogP contribution in [-0.4, -0.2) is 35.6 Å². The molecule has 4 aromatic heterocycles. The topological polar surface area (TPSA) is 96.7 Å². The van der Waals surface area contributed by atoms with Gasteiger partial charge in [-0.2, -0.15) is 0 Å². The van der Waals surface area contributed by atoms with Crippen molar-refractivity contribution >= 4 is 51.2 Å². The molecule has 0 saturated heterocycles. The molecule has 4 heterocycles. The second kappa shape index (κ2) is 6.93. The van der Waals surface area contributed by atoms with Gasteiger partial charge in [0.1, 0.15) is 11.3 Å². The van der Waals surface area contributed by atoms with Crippen LogP contribution in [0.3, 0.4) is 0 Å². The Morgan fingerprint density at radius 1 is 1.10 bits per heavy atom. The van der Waals surface area contributed by atoms with E-state index in [9.17, 15) is 9.90 Å². The number of H-pyrrole nitrogens is 1. The number of carbonyl (C=O) groups is 1. The fourth-order valence-corrected chi connectivity index (χ4v) is 6.07. The average molecular weight is 456 g/mol. The molecule has 0 aliphatic heterocycles. The molecule has 31 heavy (non-hydrogen) atoms. The number of pyridine rings is 1. The van der Waals surface area contributed by atoms with Crippen LogP contribution in [0.5, 0.6) is 0 Å². The standard InChI is InChI=1S/C22H19Cl2N5O2/c23-12-5-13-14(7-26-19(13)25-6-12)20-27-8-15-16(24)9-29(21(15)28-20)18-11-3-1-10(2-4-11)17(18)22(30)31/h5-11,17-18H,1-4H2,(H,25,26)(H,30,31)/t10?,11?,17-,18-/m0/s1.